The second-order valence-electron chi connectivity index (χ2n) is 9.26. The molecule has 0 bridgehead atoms. The molecule has 0 fully saturated rings. The third-order valence-electron chi connectivity index (χ3n) is 5.53. The summed E-state index contributed by atoms with van der Waals surface area (Å²) in [6, 6.07) is 9.48. The molecule has 0 aliphatic rings. The zero-order chi connectivity index (χ0) is 20.3. The van der Waals surface area contributed by atoms with Crippen molar-refractivity contribution in [3.8, 4) is 21.2 Å². The predicted octanol–water partition coefficient (Wildman–Crippen LogP) is 6.14. The molecule has 0 saturated carbocycles. The van der Waals surface area contributed by atoms with Gasteiger partial charge in [-0.15, -0.1) is 11.1 Å². The van der Waals surface area contributed by atoms with Crippen molar-refractivity contribution in [1.29, 1.82) is 0 Å². The average Bonchev–Trinajstić information content (AvgIpc) is 2.48. The Bertz CT molecular complexity index is 906. The molecule has 0 N–H and O–H groups in total. The summed E-state index contributed by atoms with van der Waals surface area (Å²) in [5.41, 5.74) is 11.8. The Balaban J connectivity index is 0.00000280. The maximum Gasteiger partial charge on any atom is 1.00 e. The van der Waals surface area contributed by atoms with E-state index in [2.05, 4.69) is 93.2 Å². The molecule has 2 aromatic carbocycles. The van der Waals surface area contributed by atoms with E-state index in [9.17, 15) is 0 Å². The van der Waals surface area contributed by atoms with Gasteiger partial charge in [0, 0.05) is 11.8 Å². The van der Waals surface area contributed by atoms with E-state index in [0.29, 0.717) is 5.16 Å². The van der Waals surface area contributed by atoms with Gasteiger partial charge < -0.3 is 0 Å². The smallest absolute Gasteiger partial charge is 0.104 e. The molecule has 0 unspecified atom stereocenters. The van der Waals surface area contributed by atoms with E-state index in [1.54, 1.807) is 21.2 Å². The van der Waals surface area contributed by atoms with Crippen molar-refractivity contribution in [2.75, 3.05) is 0 Å². The molecule has 1 aromatic heterocycles. The van der Waals surface area contributed by atoms with E-state index >= 15 is 0 Å². The Morgan fingerprint density at radius 1 is 0.750 bits per heavy atom. The molecular formula is C25H34LiP2+. The molecule has 0 nitrogen and oxygen atoms in total. The van der Waals surface area contributed by atoms with Gasteiger partial charge in [0.05, 0.1) is 10.1 Å². The van der Waals surface area contributed by atoms with Gasteiger partial charge in [0.15, 0.2) is 0 Å². The maximum atomic E-state index is 2.50. The Morgan fingerprint density at radius 2 is 1.14 bits per heavy atom. The van der Waals surface area contributed by atoms with Crippen molar-refractivity contribution in [3.05, 3.63) is 57.6 Å². The summed E-state index contributed by atoms with van der Waals surface area (Å²) >= 11 is 0. The van der Waals surface area contributed by atoms with Crippen LogP contribution < -0.4 is 18.9 Å². The van der Waals surface area contributed by atoms with Crippen molar-refractivity contribution in [1.82, 2.24) is 0 Å². The zero-order valence-electron chi connectivity index (χ0n) is 19.7. The van der Waals surface area contributed by atoms with Gasteiger partial charge in [-0.3, -0.25) is 0 Å². The molecule has 28 heavy (non-hydrogen) atoms. The summed E-state index contributed by atoms with van der Waals surface area (Å²) in [5, 5.41) is 3.84. The first-order chi connectivity index (χ1) is 12.4. The van der Waals surface area contributed by atoms with Crippen molar-refractivity contribution >= 4 is 15.1 Å². The van der Waals surface area contributed by atoms with Crippen LogP contribution in [0.3, 0.4) is 0 Å². The molecule has 0 spiro atoms. The van der Waals surface area contributed by atoms with Crippen molar-refractivity contribution < 1.29 is 18.9 Å². The molecule has 144 valence electrons. The fourth-order valence-electron chi connectivity index (χ4n) is 4.72. The zero-order valence-corrected chi connectivity index (χ0v) is 21.5. The van der Waals surface area contributed by atoms with Gasteiger partial charge in [0.25, 0.3) is 0 Å². The molecule has 0 radical (unpaired) electrons. The van der Waals surface area contributed by atoms with Gasteiger partial charge in [-0.25, -0.2) is 0 Å². The number of hydrogen-bond donors (Lipinski definition) is 0. The van der Waals surface area contributed by atoms with E-state index in [0.717, 1.165) is 0 Å². The van der Waals surface area contributed by atoms with Crippen LogP contribution in [-0.4, -0.2) is 0 Å². The number of aryl methyl sites for hydroxylation is 6. The van der Waals surface area contributed by atoms with Crippen LogP contribution in [0, 0.1) is 41.5 Å². The summed E-state index contributed by atoms with van der Waals surface area (Å²) in [5.74, 6) is 0. The standard InChI is InChI=1S/C25H34P2.Li/c1-15-11-17(3)21(18(4)12-15)23-26(10)24(27(23)25(7,8)9)22-19(5)13-16(2)14-20(22)6;/h11-14H,1-10H3;/q;+1. The first kappa shape index (κ1) is 23.7. The number of hydrogen-bond acceptors (Lipinski definition) is 0. The topological polar surface area (TPSA) is 0 Å². The summed E-state index contributed by atoms with van der Waals surface area (Å²) < 4.78 is 0. The third-order valence-corrected chi connectivity index (χ3v) is 12.9. The van der Waals surface area contributed by atoms with E-state index in [-0.39, 0.29) is 33.9 Å². The fraction of sp³-hybridized carbons (Fsp3) is 0.440. The maximum absolute atomic E-state index is 2.50. The summed E-state index contributed by atoms with van der Waals surface area (Å²) in [6.07, 6.45) is 0. The van der Waals surface area contributed by atoms with Gasteiger partial charge in [0.2, 0.25) is 0 Å². The summed E-state index contributed by atoms with van der Waals surface area (Å²) in [6.45, 7) is 23.5. The summed E-state index contributed by atoms with van der Waals surface area (Å²) in [7, 11) is -0.502. The van der Waals surface area contributed by atoms with Crippen LogP contribution in [0.15, 0.2) is 24.3 Å². The molecule has 0 atom stereocenters. The van der Waals surface area contributed by atoms with Crippen molar-refractivity contribution in [3.63, 3.8) is 0 Å². The molecule has 3 rings (SSSR count). The van der Waals surface area contributed by atoms with Crippen LogP contribution in [0.2, 0.25) is 0 Å². The largest absolute Gasteiger partial charge is 1.00 e. The Kier molecular flexibility index (Phi) is 6.97. The normalized spacial score (nSPS) is 12.9. The predicted molar refractivity (Wildman–Crippen MR) is 127 cm³/mol. The molecule has 0 saturated heterocycles. The van der Waals surface area contributed by atoms with Crippen LogP contribution >= 0.6 is 15.1 Å². The quantitative estimate of drug-likeness (QED) is 0.356. The minimum absolute atomic E-state index is 0. The van der Waals surface area contributed by atoms with Gasteiger partial charge in [-0.05, 0) is 65.2 Å². The monoisotopic (exact) mass is 403 g/mol. The van der Waals surface area contributed by atoms with E-state index < -0.39 is 0 Å². The van der Waals surface area contributed by atoms with Gasteiger partial charge >= 0.3 is 18.9 Å². The molecule has 1 heterocycles. The van der Waals surface area contributed by atoms with Crippen molar-refractivity contribution in [2.24, 2.45) is 6.66 Å². The van der Waals surface area contributed by atoms with Gasteiger partial charge in [0.1, 0.15) is 0 Å². The van der Waals surface area contributed by atoms with Crippen LogP contribution in [0.25, 0.3) is 21.2 Å². The van der Waals surface area contributed by atoms with Crippen LogP contribution in [-0.2, 0) is 11.8 Å². The van der Waals surface area contributed by atoms with E-state index in [1.807, 2.05) is 0 Å². The average molecular weight is 403 g/mol. The minimum atomic E-state index is -0.280. The van der Waals surface area contributed by atoms with Crippen LogP contribution in [0.1, 0.15) is 54.2 Å². The Morgan fingerprint density at radius 3 is 1.54 bits per heavy atom. The van der Waals surface area contributed by atoms with E-state index in [1.165, 1.54) is 33.4 Å². The third kappa shape index (κ3) is 4.00. The molecule has 3 aromatic rings. The minimum Gasteiger partial charge on any atom is -0.104 e. The Labute approximate surface area is 186 Å². The second-order valence-corrected chi connectivity index (χ2v) is 14.9. The van der Waals surface area contributed by atoms with Crippen LogP contribution in [0.5, 0.6) is 0 Å². The molecule has 3 heteroatoms. The Hall–Kier alpha value is -0.623. The van der Waals surface area contributed by atoms with E-state index in [4.69, 9.17) is 0 Å². The molecule has 0 aliphatic heterocycles. The SMILES string of the molecule is Cc1cc(C)c(-c2p(C(C)(C)C)[c-](-c3c(C)cc(C)cc3C)[p+]2C)c(C)c1.[Li+]. The summed E-state index contributed by atoms with van der Waals surface area (Å²) in [4.78, 5) is 0. The molecule has 0 amide bonds. The van der Waals surface area contributed by atoms with Crippen LogP contribution in [0.4, 0.5) is 0 Å². The number of rotatable bonds is 2. The van der Waals surface area contributed by atoms with Crippen molar-refractivity contribution in [2.45, 2.75) is 67.5 Å². The molecular weight excluding hydrogens is 369 g/mol. The second kappa shape index (κ2) is 8.25. The first-order valence-electron chi connectivity index (χ1n) is 9.87. The molecule has 0 aliphatic carbocycles. The van der Waals surface area contributed by atoms with Gasteiger partial charge in [-0.1, -0.05) is 69.9 Å². The first-order valence-corrected chi connectivity index (χ1v) is 13.0. The fourth-order valence-corrected chi connectivity index (χ4v) is 13.6. The van der Waals surface area contributed by atoms with Gasteiger partial charge in [-0.2, -0.15) is 0 Å². The number of benzene rings is 2.